The van der Waals surface area contributed by atoms with Crippen molar-refractivity contribution in [3.8, 4) is 0 Å². The molecule has 1 heterocycles. The first kappa shape index (κ1) is 13.3. The minimum atomic E-state index is -0.474. The van der Waals surface area contributed by atoms with E-state index >= 15 is 0 Å². The molecule has 2 aromatic rings. The minimum absolute atomic E-state index is 0.347. The van der Waals surface area contributed by atoms with Crippen molar-refractivity contribution in [2.24, 2.45) is 0 Å². The van der Waals surface area contributed by atoms with Gasteiger partial charge in [-0.3, -0.25) is 4.98 Å². The van der Waals surface area contributed by atoms with Crippen LogP contribution in [0.1, 0.15) is 26.3 Å². The molecule has 0 fully saturated rings. The van der Waals surface area contributed by atoms with Crippen molar-refractivity contribution in [3.05, 3.63) is 48.2 Å². The molecule has 98 valence electrons. The fraction of sp³-hybridized carbons (Fsp3) is 0.250. The lowest BCUT2D eigenvalue weighted by Gasteiger charge is -2.17. The lowest BCUT2D eigenvalue weighted by molar-refractivity contribution is -0.148. The van der Waals surface area contributed by atoms with Gasteiger partial charge in [0.05, 0.1) is 5.52 Å². The first-order chi connectivity index (χ1) is 8.96. The molecule has 0 atom stereocenters. The highest BCUT2D eigenvalue weighted by atomic mass is 16.6. The summed E-state index contributed by atoms with van der Waals surface area (Å²) in [6, 6.07) is 9.75. The average Bonchev–Trinajstić information content (AvgIpc) is 2.34. The van der Waals surface area contributed by atoms with Crippen LogP contribution < -0.4 is 0 Å². The summed E-state index contributed by atoms with van der Waals surface area (Å²) in [6.45, 7) is 5.54. The van der Waals surface area contributed by atoms with E-state index < -0.39 is 5.60 Å². The third kappa shape index (κ3) is 3.65. The van der Waals surface area contributed by atoms with Gasteiger partial charge in [0, 0.05) is 23.2 Å². The van der Waals surface area contributed by atoms with E-state index in [-0.39, 0.29) is 5.97 Å². The van der Waals surface area contributed by atoms with Gasteiger partial charge in [-0.05, 0) is 32.9 Å². The van der Waals surface area contributed by atoms with Gasteiger partial charge < -0.3 is 4.74 Å². The lowest BCUT2D eigenvalue weighted by atomic mass is 10.1. The van der Waals surface area contributed by atoms with Gasteiger partial charge in [0.1, 0.15) is 5.60 Å². The molecular formula is C16H17NO2. The first-order valence-electron chi connectivity index (χ1n) is 6.20. The highest BCUT2D eigenvalue weighted by molar-refractivity contribution is 5.92. The Morgan fingerprint density at radius 1 is 1.21 bits per heavy atom. The maximum absolute atomic E-state index is 11.6. The molecule has 19 heavy (non-hydrogen) atoms. The molecule has 2 rings (SSSR count). The zero-order valence-corrected chi connectivity index (χ0v) is 11.4. The highest BCUT2D eigenvalue weighted by Crippen LogP contribution is 2.17. The van der Waals surface area contributed by atoms with Gasteiger partial charge >= 0.3 is 5.97 Å². The topological polar surface area (TPSA) is 39.2 Å². The second-order valence-electron chi connectivity index (χ2n) is 5.29. The van der Waals surface area contributed by atoms with Crippen LogP contribution >= 0.6 is 0 Å². The molecule has 3 heteroatoms. The van der Waals surface area contributed by atoms with Gasteiger partial charge in [-0.1, -0.05) is 24.3 Å². The SMILES string of the molecule is CC(C)(C)OC(=O)/C=C/c1cccc2cccnc12. The normalized spacial score (nSPS) is 11.9. The molecule has 0 bridgehead atoms. The van der Waals surface area contributed by atoms with Crippen LogP contribution in [0.3, 0.4) is 0 Å². The lowest BCUT2D eigenvalue weighted by Crippen LogP contribution is -2.22. The van der Waals surface area contributed by atoms with Crippen molar-refractivity contribution in [3.63, 3.8) is 0 Å². The molecule has 1 aromatic carbocycles. The van der Waals surface area contributed by atoms with Crippen LogP contribution in [-0.4, -0.2) is 16.6 Å². The van der Waals surface area contributed by atoms with Crippen LogP contribution in [0.5, 0.6) is 0 Å². The summed E-state index contributed by atoms with van der Waals surface area (Å²) < 4.78 is 5.23. The van der Waals surface area contributed by atoms with E-state index in [4.69, 9.17) is 4.74 Å². The summed E-state index contributed by atoms with van der Waals surface area (Å²) in [6.07, 6.45) is 4.92. The third-order valence-electron chi connectivity index (χ3n) is 2.47. The number of carbonyl (C=O) groups is 1. The van der Waals surface area contributed by atoms with Crippen molar-refractivity contribution < 1.29 is 9.53 Å². The van der Waals surface area contributed by atoms with Crippen LogP contribution in [0.2, 0.25) is 0 Å². The van der Waals surface area contributed by atoms with Crippen molar-refractivity contribution in [1.82, 2.24) is 4.98 Å². The number of hydrogen-bond donors (Lipinski definition) is 0. The van der Waals surface area contributed by atoms with Gasteiger partial charge in [-0.25, -0.2) is 4.79 Å². The van der Waals surface area contributed by atoms with Gasteiger partial charge in [0.2, 0.25) is 0 Å². The predicted octanol–water partition coefficient (Wildman–Crippen LogP) is 3.59. The highest BCUT2D eigenvalue weighted by Gasteiger charge is 2.13. The molecule has 3 nitrogen and oxygen atoms in total. The van der Waals surface area contributed by atoms with E-state index in [1.54, 1.807) is 12.3 Å². The smallest absolute Gasteiger partial charge is 0.331 e. The summed E-state index contributed by atoms with van der Waals surface area (Å²) in [7, 11) is 0. The van der Waals surface area contributed by atoms with Crippen LogP contribution in [0.15, 0.2) is 42.6 Å². The Morgan fingerprint density at radius 3 is 2.68 bits per heavy atom. The molecule has 0 aliphatic rings. The van der Waals surface area contributed by atoms with Crippen LogP contribution in [-0.2, 0) is 9.53 Å². The summed E-state index contributed by atoms with van der Waals surface area (Å²) >= 11 is 0. The molecule has 0 saturated heterocycles. The Morgan fingerprint density at radius 2 is 1.95 bits per heavy atom. The van der Waals surface area contributed by atoms with Gasteiger partial charge in [0.25, 0.3) is 0 Å². The molecule has 0 aliphatic heterocycles. The second-order valence-corrected chi connectivity index (χ2v) is 5.29. The molecule has 0 unspecified atom stereocenters. The Labute approximate surface area is 112 Å². The first-order valence-corrected chi connectivity index (χ1v) is 6.20. The minimum Gasteiger partial charge on any atom is -0.457 e. The number of benzene rings is 1. The molecule has 0 radical (unpaired) electrons. The van der Waals surface area contributed by atoms with E-state index in [1.807, 2.05) is 51.1 Å². The maximum Gasteiger partial charge on any atom is 0.331 e. The number of para-hydroxylation sites is 1. The fourth-order valence-electron chi connectivity index (χ4n) is 1.76. The third-order valence-corrected chi connectivity index (χ3v) is 2.47. The Hall–Kier alpha value is -2.16. The van der Waals surface area contributed by atoms with E-state index in [9.17, 15) is 4.79 Å². The quantitative estimate of drug-likeness (QED) is 0.608. The number of rotatable bonds is 2. The number of hydrogen-bond acceptors (Lipinski definition) is 3. The number of ether oxygens (including phenoxy) is 1. The number of esters is 1. The monoisotopic (exact) mass is 255 g/mol. The standard InChI is InChI=1S/C16H17NO2/c1-16(2,3)19-14(18)10-9-13-7-4-6-12-8-5-11-17-15(12)13/h4-11H,1-3H3/b10-9+. The molecule has 0 aliphatic carbocycles. The van der Waals surface area contributed by atoms with E-state index in [1.165, 1.54) is 6.08 Å². The van der Waals surface area contributed by atoms with E-state index in [0.29, 0.717) is 0 Å². The van der Waals surface area contributed by atoms with E-state index in [2.05, 4.69) is 4.98 Å². The van der Waals surface area contributed by atoms with Crippen molar-refractivity contribution >= 4 is 22.9 Å². The summed E-state index contributed by atoms with van der Waals surface area (Å²) in [5.74, 6) is -0.347. The predicted molar refractivity (Wildman–Crippen MR) is 76.6 cm³/mol. The van der Waals surface area contributed by atoms with Gasteiger partial charge in [0.15, 0.2) is 0 Å². The molecule has 0 N–H and O–H groups in total. The average molecular weight is 255 g/mol. The van der Waals surface area contributed by atoms with Gasteiger partial charge in [-0.15, -0.1) is 0 Å². The zero-order chi connectivity index (χ0) is 13.9. The maximum atomic E-state index is 11.6. The number of carbonyl (C=O) groups excluding carboxylic acids is 1. The zero-order valence-electron chi connectivity index (χ0n) is 11.4. The fourth-order valence-corrected chi connectivity index (χ4v) is 1.76. The van der Waals surface area contributed by atoms with Crippen LogP contribution in [0.4, 0.5) is 0 Å². The number of nitrogens with zero attached hydrogens (tertiary/aromatic N) is 1. The van der Waals surface area contributed by atoms with Crippen molar-refractivity contribution in [2.75, 3.05) is 0 Å². The molecule has 0 spiro atoms. The summed E-state index contributed by atoms with van der Waals surface area (Å²) in [4.78, 5) is 16.0. The molecule has 1 aromatic heterocycles. The van der Waals surface area contributed by atoms with Crippen molar-refractivity contribution in [1.29, 1.82) is 0 Å². The van der Waals surface area contributed by atoms with Crippen molar-refractivity contribution in [2.45, 2.75) is 26.4 Å². The summed E-state index contributed by atoms with van der Waals surface area (Å²) in [5.41, 5.74) is 1.31. The van der Waals surface area contributed by atoms with E-state index in [0.717, 1.165) is 16.5 Å². The number of aromatic nitrogens is 1. The Bertz CT molecular complexity index is 619. The second kappa shape index (κ2) is 5.22. The molecular weight excluding hydrogens is 238 g/mol. The van der Waals surface area contributed by atoms with Crippen LogP contribution in [0.25, 0.3) is 17.0 Å². The molecule has 0 amide bonds. The Kier molecular flexibility index (Phi) is 3.65. The summed E-state index contributed by atoms with van der Waals surface area (Å²) in [5, 5.41) is 1.05. The number of fused-ring (bicyclic) bond motifs is 1. The molecule has 0 saturated carbocycles. The van der Waals surface area contributed by atoms with Crippen LogP contribution in [0, 0.1) is 0 Å². The number of pyridine rings is 1. The largest absolute Gasteiger partial charge is 0.457 e. The van der Waals surface area contributed by atoms with Gasteiger partial charge in [-0.2, -0.15) is 0 Å². The Balaban J connectivity index is 2.24.